The molecular weight excluding hydrogens is 150 g/mol. The maximum atomic E-state index is 4.35. The van der Waals surface area contributed by atoms with E-state index in [0.717, 1.165) is 24.4 Å². The second-order valence-electron chi connectivity index (χ2n) is 3.37. The van der Waals surface area contributed by atoms with Crippen molar-refractivity contribution in [3.63, 3.8) is 0 Å². The quantitative estimate of drug-likeness (QED) is 0.623. The summed E-state index contributed by atoms with van der Waals surface area (Å²) in [7, 11) is 0. The fourth-order valence-electron chi connectivity index (χ4n) is 1.44. The van der Waals surface area contributed by atoms with Gasteiger partial charge in [0.05, 0.1) is 12.0 Å². The number of nitrogens with zero attached hydrogens (tertiary/aromatic N) is 3. The molecule has 0 fully saturated rings. The third-order valence-electron chi connectivity index (χ3n) is 2.12. The third-order valence-corrected chi connectivity index (χ3v) is 2.12. The molecule has 0 unspecified atom stereocenters. The number of aromatic nitrogens is 2. The van der Waals surface area contributed by atoms with Crippen LogP contribution in [0.2, 0.25) is 0 Å². The van der Waals surface area contributed by atoms with Gasteiger partial charge >= 0.3 is 0 Å². The van der Waals surface area contributed by atoms with E-state index in [1.54, 1.807) is 0 Å². The van der Waals surface area contributed by atoms with Gasteiger partial charge in [0.25, 0.3) is 0 Å². The average molecular weight is 163 g/mol. The Kier molecular flexibility index (Phi) is 1.71. The van der Waals surface area contributed by atoms with E-state index in [-0.39, 0.29) is 0 Å². The van der Waals surface area contributed by atoms with Gasteiger partial charge in [-0.15, -0.1) is 0 Å². The summed E-state index contributed by atoms with van der Waals surface area (Å²) in [4.78, 5) is 8.68. The molecule has 1 aliphatic heterocycles. The van der Waals surface area contributed by atoms with Crippen LogP contribution in [-0.4, -0.2) is 15.8 Å². The summed E-state index contributed by atoms with van der Waals surface area (Å²) in [6.07, 6.45) is 5.93. The highest BCUT2D eigenvalue weighted by Crippen LogP contribution is 2.25. The van der Waals surface area contributed by atoms with Crippen molar-refractivity contribution in [1.82, 2.24) is 9.55 Å². The number of hydrogen-bond donors (Lipinski definition) is 0. The van der Waals surface area contributed by atoms with E-state index in [2.05, 4.69) is 28.4 Å². The van der Waals surface area contributed by atoms with Crippen molar-refractivity contribution in [2.24, 2.45) is 4.99 Å². The highest BCUT2D eigenvalue weighted by molar-refractivity contribution is 5.66. The van der Waals surface area contributed by atoms with E-state index in [1.165, 1.54) is 0 Å². The molecule has 2 rings (SSSR count). The molecule has 0 aliphatic carbocycles. The van der Waals surface area contributed by atoms with Crippen molar-refractivity contribution in [1.29, 1.82) is 0 Å². The minimum absolute atomic E-state index is 0.455. The van der Waals surface area contributed by atoms with Crippen molar-refractivity contribution in [2.45, 2.75) is 32.7 Å². The molecule has 12 heavy (non-hydrogen) atoms. The zero-order valence-electron chi connectivity index (χ0n) is 7.49. The first-order chi connectivity index (χ1) is 5.79. The van der Waals surface area contributed by atoms with E-state index in [9.17, 15) is 0 Å². The monoisotopic (exact) mass is 163 g/mol. The molecule has 2 heterocycles. The molecule has 64 valence electrons. The van der Waals surface area contributed by atoms with Crippen molar-refractivity contribution in [2.75, 3.05) is 0 Å². The molecular formula is C9H13N3. The second kappa shape index (κ2) is 2.73. The van der Waals surface area contributed by atoms with E-state index in [4.69, 9.17) is 0 Å². The summed E-state index contributed by atoms with van der Waals surface area (Å²) >= 11 is 0. The van der Waals surface area contributed by atoms with Gasteiger partial charge in [0, 0.05) is 12.3 Å². The molecule has 3 nitrogen and oxygen atoms in total. The first-order valence-corrected chi connectivity index (χ1v) is 4.37. The maximum Gasteiger partial charge on any atom is 0.155 e. The molecule has 0 saturated carbocycles. The van der Waals surface area contributed by atoms with Gasteiger partial charge in [0.2, 0.25) is 0 Å². The summed E-state index contributed by atoms with van der Waals surface area (Å²) in [6.45, 7) is 4.29. The largest absolute Gasteiger partial charge is 0.313 e. The lowest BCUT2D eigenvalue weighted by atomic mass is 10.2. The molecule has 0 N–H and O–H groups in total. The molecule has 0 amide bonds. The molecule has 0 bridgehead atoms. The van der Waals surface area contributed by atoms with Gasteiger partial charge in [-0.25, -0.2) is 9.98 Å². The summed E-state index contributed by atoms with van der Waals surface area (Å²) in [5, 5.41) is 0. The van der Waals surface area contributed by atoms with E-state index < -0.39 is 0 Å². The highest BCUT2D eigenvalue weighted by Gasteiger charge is 2.13. The third kappa shape index (κ3) is 1.05. The lowest BCUT2D eigenvalue weighted by Gasteiger charge is -2.11. The Morgan fingerprint density at radius 3 is 3.08 bits per heavy atom. The lowest BCUT2D eigenvalue weighted by Crippen LogP contribution is -2.00. The normalized spacial score (nSPS) is 15.2. The Labute approximate surface area is 72.1 Å². The van der Waals surface area contributed by atoms with E-state index in [0.29, 0.717) is 6.04 Å². The fourth-order valence-corrected chi connectivity index (χ4v) is 1.44. The molecule has 0 aromatic carbocycles. The molecule has 0 saturated heterocycles. The van der Waals surface area contributed by atoms with Crippen molar-refractivity contribution >= 4 is 12.0 Å². The van der Waals surface area contributed by atoms with Gasteiger partial charge in [-0.2, -0.15) is 0 Å². The SMILES string of the molecule is CC(C)n1cnc2c1N=CCC2. The van der Waals surface area contributed by atoms with Gasteiger partial charge in [0.1, 0.15) is 0 Å². The highest BCUT2D eigenvalue weighted by atomic mass is 15.2. The van der Waals surface area contributed by atoms with Crippen LogP contribution in [0.15, 0.2) is 11.3 Å². The van der Waals surface area contributed by atoms with Crippen LogP contribution in [-0.2, 0) is 6.42 Å². The summed E-state index contributed by atoms with van der Waals surface area (Å²) in [6, 6.07) is 0.455. The second-order valence-corrected chi connectivity index (χ2v) is 3.37. The van der Waals surface area contributed by atoms with Crippen molar-refractivity contribution < 1.29 is 0 Å². The minimum Gasteiger partial charge on any atom is -0.313 e. The molecule has 0 atom stereocenters. The molecule has 1 aromatic rings. The van der Waals surface area contributed by atoms with Gasteiger partial charge in [0.15, 0.2) is 5.82 Å². The Morgan fingerprint density at radius 2 is 2.33 bits per heavy atom. The number of aryl methyl sites for hydroxylation is 1. The molecule has 1 aromatic heterocycles. The van der Waals surface area contributed by atoms with Crippen LogP contribution in [0, 0.1) is 0 Å². The number of hydrogen-bond acceptors (Lipinski definition) is 2. The van der Waals surface area contributed by atoms with Crippen molar-refractivity contribution in [3.05, 3.63) is 12.0 Å². The first-order valence-electron chi connectivity index (χ1n) is 4.37. The standard InChI is InChI=1S/C9H13N3/c1-7(2)12-6-11-8-4-3-5-10-9(8)12/h5-7H,3-4H2,1-2H3. The zero-order chi connectivity index (χ0) is 8.55. The number of aliphatic imine (C=N–C) groups is 1. The van der Waals surface area contributed by atoms with Gasteiger partial charge in [-0.05, 0) is 26.7 Å². The predicted molar refractivity (Wildman–Crippen MR) is 49.1 cm³/mol. The van der Waals surface area contributed by atoms with Crippen LogP contribution in [0.1, 0.15) is 32.0 Å². The fraction of sp³-hybridized carbons (Fsp3) is 0.556. The Bertz CT molecular complexity index is 310. The van der Waals surface area contributed by atoms with Gasteiger partial charge in [-0.1, -0.05) is 0 Å². The topological polar surface area (TPSA) is 30.2 Å². The summed E-state index contributed by atoms with van der Waals surface area (Å²) in [5.41, 5.74) is 1.14. The number of fused-ring (bicyclic) bond motifs is 1. The summed E-state index contributed by atoms with van der Waals surface area (Å²) < 4.78 is 2.12. The van der Waals surface area contributed by atoms with E-state index in [1.807, 2.05) is 12.5 Å². The van der Waals surface area contributed by atoms with Gasteiger partial charge < -0.3 is 4.57 Å². The number of rotatable bonds is 1. The van der Waals surface area contributed by atoms with Crippen LogP contribution >= 0.6 is 0 Å². The van der Waals surface area contributed by atoms with Crippen LogP contribution in [0.3, 0.4) is 0 Å². The lowest BCUT2D eigenvalue weighted by molar-refractivity contribution is 0.602. The number of imidazole rings is 1. The Balaban J connectivity index is 2.47. The molecule has 1 aliphatic rings. The molecule has 0 radical (unpaired) electrons. The Morgan fingerprint density at radius 1 is 1.50 bits per heavy atom. The van der Waals surface area contributed by atoms with Crippen LogP contribution < -0.4 is 0 Å². The Hall–Kier alpha value is -1.12. The van der Waals surface area contributed by atoms with Crippen molar-refractivity contribution in [3.8, 4) is 0 Å². The molecule has 3 heteroatoms. The maximum absolute atomic E-state index is 4.35. The summed E-state index contributed by atoms with van der Waals surface area (Å²) in [5.74, 6) is 1.05. The van der Waals surface area contributed by atoms with Gasteiger partial charge in [-0.3, -0.25) is 0 Å². The predicted octanol–water partition coefficient (Wildman–Crippen LogP) is 2.11. The molecule has 0 spiro atoms. The van der Waals surface area contributed by atoms with Crippen LogP contribution in [0.25, 0.3) is 0 Å². The average Bonchev–Trinajstić information content (AvgIpc) is 2.47. The van der Waals surface area contributed by atoms with Crippen LogP contribution in [0.5, 0.6) is 0 Å². The van der Waals surface area contributed by atoms with Crippen LogP contribution in [0.4, 0.5) is 5.82 Å². The smallest absolute Gasteiger partial charge is 0.155 e. The zero-order valence-corrected chi connectivity index (χ0v) is 7.49. The minimum atomic E-state index is 0.455. The first kappa shape index (κ1) is 7.53. The van der Waals surface area contributed by atoms with E-state index >= 15 is 0 Å².